The standard InChI is InChI=1S/C17H13ClF2N4O3/c1-17(9-2-4-11(19)12(20)6-9)15(26)24(16(27)23-17)8-14(25)22-13-5-3-10(18)7-21-13/h2-7H,8H2,1H3,(H,23,27)(H,21,22,25)/t17-/m1/s1. The van der Waals surface area contributed by atoms with Gasteiger partial charge in [-0.2, -0.15) is 0 Å². The highest BCUT2D eigenvalue weighted by Gasteiger charge is 2.49. The van der Waals surface area contributed by atoms with Crippen molar-refractivity contribution < 1.29 is 23.2 Å². The number of nitrogens with zero attached hydrogens (tertiary/aromatic N) is 2. The Morgan fingerprint density at radius 1 is 1.26 bits per heavy atom. The van der Waals surface area contributed by atoms with Crippen LogP contribution >= 0.6 is 11.6 Å². The lowest BCUT2D eigenvalue weighted by molar-refractivity contribution is -0.133. The van der Waals surface area contributed by atoms with Crippen molar-refractivity contribution in [1.82, 2.24) is 15.2 Å². The van der Waals surface area contributed by atoms with Crippen LogP contribution in [0.4, 0.5) is 19.4 Å². The number of pyridine rings is 1. The van der Waals surface area contributed by atoms with E-state index in [1.807, 2.05) is 0 Å². The predicted molar refractivity (Wildman–Crippen MR) is 91.8 cm³/mol. The zero-order chi connectivity index (χ0) is 19.8. The van der Waals surface area contributed by atoms with Crippen molar-refractivity contribution >= 4 is 35.3 Å². The fourth-order valence-corrected chi connectivity index (χ4v) is 2.73. The molecule has 2 heterocycles. The number of carbonyl (C=O) groups is 3. The molecule has 0 spiro atoms. The number of benzene rings is 1. The second-order valence-corrected chi connectivity index (χ2v) is 6.42. The Balaban J connectivity index is 1.76. The van der Waals surface area contributed by atoms with Gasteiger partial charge in [0.25, 0.3) is 5.91 Å². The summed E-state index contributed by atoms with van der Waals surface area (Å²) >= 11 is 5.70. The number of amides is 4. The molecule has 1 aromatic carbocycles. The van der Waals surface area contributed by atoms with Gasteiger partial charge in [0.05, 0.1) is 5.02 Å². The molecule has 0 saturated carbocycles. The van der Waals surface area contributed by atoms with Crippen molar-refractivity contribution in [3.8, 4) is 0 Å². The van der Waals surface area contributed by atoms with Crippen LogP contribution < -0.4 is 10.6 Å². The number of aromatic nitrogens is 1. The fourth-order valence-electron chi connectivity index (χ4n) is 2.62. The summed E-state index contributed by atoms with van der Waals surface area (Å²) in [5.74, 6) is -3.47. The van der Waals surface area contributed by atoms with Crippen LogP contribution in [0.3, 0.4) is 0 Å². The van der Waals surface area contributed by atoms with Crippen LogP contribution in [0.5, 0.6) is 0 Å². The number of rotatable bonds is 4. The molecule has 1 aliphatic rings. The normalized spacial score (nSPS) is 19.2. The predicted octanol–water partition coefficient (Wildman–Crippen LogP) is 2.42. The highest BCUT2D eigenvalue weighted by molar-refractivity contribution is 6.30. The molecular weight excluding hydrogens is 382 g/mol. The third-order valence-electron chi connectivity index (χ3n) is 4.07. The molecule has 1 aromatic heterocycles. The van der Waals surface area contributed by atoms with Crippen LogP contribution in [0.1, 0.15) is 12.5 Å². The number of imide groups is 1. The lowest BCUT2D eigenvalue weighted by Gasteiger charge is -2.22. The number of carbonyl (C=O) groups excluding carboxylic acids is 3. The first-order chi connectivity index (χ1) is 12.7. The Bertz CT molecular complexity index is 938. The van der Waals surface area contributed by atoms with Crippen molar-refractivity contribution in [3.05, 3.63) is 58.7 Å². The molecule has 0 unspecified atom stereocenters. The number of anilines is 1. The van der Waals surface area contributed by atoms with Gasteiger partial charge in [-0.15, -0.1) is 0 Å². The average Bonchev–Trinajstić information content (AvgIpc) is 2.83. The number of hydrogen-bond acceptors (Lipinski definition) is 4. The second-order valence-electron chi connectivity index (χ2n) is 5.99. The van der Waals surface area contributed by atoms with Crippen LogP contribution in [-0.4, -0.2) is 34.3 Å². The molecule has 1 atom stereocenters. The van der Waals surface area contributed by atoms with Crippen LogP contribution in [0, 0.1) is 11.6 Å². The van der Waals surface area contributed by atoms with E-state index >= 15 is 0 Å². The smallest absolute Gasteiger partial charge is 0.319 e. The summed E-state index contributed by atoms with van der Waals surface area (Å²) in [4.78, 5) is 41.5. The quantitative estimate of drug-likeness (QED) is 0.779. The molecular formula is C17H13ClF2N4O3. The Hall–Kier alpha value is -3.07. The minimum Gasteiger partial charge on any atom is -0.319 e. The Morgan fingerprint density at radius 3 is 2.63 bits per heavy atom. The van der Waals surface area contributed by atoms with Gasteiger partial charge in [-0.3, -0.25) is 14.5 Å². The molecule has 27 heavy (non-hydrogen) atoms. The Kier molecular flexibility index (Phi) is 4.79. The first kappa shape index (κ1) is 18.7. The van der Waals surface area contributed by atoms with Gasteiger partial charge in [-0.05, 0) is 36.8 Å². The maximum atomic E-state index is 13.5. The van der Waals surface area contributed by atoms with Crippen LogP contribution in [0.2, 0.25) is 5.02 Å². The summed E-state index contributed by atoms with van der Waals surface area (Å²) in [6, 6.07) is 5.02. The van der Waals surface area contributed by atoms with Crippen molar-refractivity contribution in [2.75, 3.05) is 11.9 Å². The summed E-state index contributed by atoms with van der Waals surface area (Å²) < 4.78 is 26.7. The molecule has 2 N–H and O–H groups in total. The molecule has 0 bridgehead atoms. The van der Waals surface area contributed by atoms with Gasteiger partial charge in [0.2, 0.25) is 5.91 Å². The molecule has 1 aliphatic heterocycles. The maximum Gasteiger partial charge on any atom is 0.325 e. The van der Waals surface area contributed by atoms with E-state index in [1.54, 1.807) is 0 Å². The van der Waals surface area contributed by atoms with E-state index in [1.165, 1.54) is 31.3 Å². The molecule has 0 aliphatic carbocycles. The van der Waals surface area contributed by atoms with Crippen LogP contribution in [-0.2, 0) is 15.1 Å². The zero-order valence-corrected chi connectivity index (χ0v) is 14.7. The Labute approximate surface area is 157 Å². The minimum atomic E-state index is -1.62. The summed E-state index contributed by atoms with van der Waals surface area (Å²) in [6.45, 7) is 0.771. The average molecular weight is 395 g/mol. The van der Waals surface area contributed by atoms with Gasteiger partial charge in [0.1, 0.15) is 17.9 Å². The van der Waals surface area contributed by atoms with E-state index in [-0.39, 0.29) is 11.4 Å². The fraction of sp³-hybridized carbons (Fsp3) is 0.176. The molecule has 2 aromatic rings. The van der Waals surface area contributed by atoms with Gasteiger partial charge in [-0.25, -0.2) is 18.6 Å². The third kappa shape index (κ3) is 3.59. The first-order valence-electron chi connectivity index (χ1n) is 7.72. The highest BCUT2D eigenvalue weighted by atomic mass is 35.5. The van der Waals surface area contributed by atoms with E-state index in [0.29, 0.717) is 9.92 Å². The van der Waals surface area contributed by atoms with Crippen molar-refractivity contribution in [3.63, 3.8) is 0 Å². The van der Waals surface area contributed by atoms with Crippen molar-refractivity contribution in [1.29, 1.82) is 0 Å². The summed E-state index contributed by atoms with van der Waals surface area (Å²) in [6.07, 6.45) is 1.32. The molecule has 1 fully saturated rings. The monoisotopic (exact) mass is 394 g/mol. The van der Waals surface area contributed by atoms with E-state index in [2.05, 4.69) is 15.6 Å². The minimum absolute atomic E-state index is 0.0574. The van der Waals surface area contributed by atoms with Gasteiger partial charge in [0, 0.05) is 6.20 Å². The summed E-state index contributed by atoms with van der Waals surface area (Å²) in [5.41, 5.74) is -1.56. The van der Waals surface area contributed by atoms with Crippen LogP contribution in [0.15, 0.2) is 36.5 Å². The molecule has 10 heteroatoms. The summed E-state index contributed by atoms with van der Waals surface area (Å²) in [5, 5.41) is 5.21. The molecule has 0 radical (unpaired) electrons. The first-order valence-corrected chi connectivity index (χ1v) is 8.09. The number of urea groups is 1. The molecule has 1 saturated heterocycles. The molecule has 7 nitrogen and oxygen atoms in total. The van der Waals surface area contributed by atoms with Crippen molar-refractivity contribution in [2.24, 2.45) is 0 Å². The number of hydrogen-bond donors (Lipinski definition) is 2. The van der Waals surface area contributed by atoms with E-state index < -0.39 is 41.6 Å². The second kappa shape index (κ2) is 6.92. The van der Waals surface area contributed by atoms with E-state index in [4.69, 9.17) is 11.6 Å². The molecule has 140 valence electrons. The number of nitrogens with one attached hydrogen (secondary N) is 2. The largest absolute Gasteiger partial charge is 0.325 e. The Morgan fingerprint density at radius 2 is 2.00 bits per heavy atom. The SMILES string of the molecule is C[C@]1(c2ccc(F)c(F)c2)NC(=O)N(CC(=O)Nc2ccc(Cl)cn2)C1=O. The maximum absolute atomic E-state index is 13.5. The van der Waals surface area contributed by atoms with E-state index in [9.17, 15) is 23.2 Å². The summed E-state index contributed by atoms with van der Waals surface area (Å²) in [7, 11) is 0. The zero-order valence-electron chi connectivity index (χ0n) is 13.9. The lowest BCUT2D eigenvalue weighted by atomic mass is 9.92. The van der Waals surface area contributed by atoms with Crippen LogP contribution in [0.25, 0.3) is 0 Å². The van der Waals surface area contributed by atoms with Gasteiger partial charge >= 0.3 is 6.03 Å². The van der Waals surface area contributed by atoms with E-state index in [0.717, 1.165) is 12.1 Å². The van der Waals surface area contributed by atoms with Gasteiger partial charge in [-0.1, -0.05) is 17.7 Å². The van der Waals surface area contributed by atoms with Gasteiger partial charge < -0.3 is 10.6 Å². The third-order valence-corrected chi connectivity index (χ3v) is 4.29. The highest BCUT2D eigenvalue weighted by Crippen LogP contribution is 2.29. The number of halogens is 3. The van der Waals surface area contributed by atoms with Crippen molar-refractivity contribution in [2.45, 2.75) is 12.5 Å². The molecule has 3 rings (SSSR count). The van der Waals surface area contributed by atoms with Gasteiger partial charge in [0.15, 0.2) is 11.6 Å². The molecule has 4 amide bonds. The topological polar surface area (TPSA) is 91.4 Å². The lowest BCUT2D eigenvalue weighted by Crippen LogP contribution is -2.42.